The molecule has 0 aromatic heterocycles. The number of carboxylic acid groups (broad SMARTS) is 1. The Bertz CT molecular complexity index is 245. The monoisotopic (exact) mass is 214 g/mol. The molecule has 0 aromatic carbocycles. The highest BCUT2D eigenvalue weighted by atomic mass is 16.5. The zero-order valence-electron chi connectivity index (χ0n) is 9.28. The van der Waals surface area contributed by atoms with Gasteiger partial charge in [0, 0.05) is 12.0 Å². The van der Waals surface area contributed by atoms with Crippen molar-refractivity contribution in [3.63, 3.8) is 0 Å². The molecule has 1 N–H and O–H groups in total. The van der Waals surface area contributed by atoms with Gasteiger partial charge in [0.15, 0.2) is 0 Å². The van der Waals surface area contributed by atoms with Gasteiger partial charge in [-0.1, -0.05) is 20.4 Å². The highest BCUT2D eigenvalue weighted by Gasteiger charge is 2.14. The second kappa shape index (κ2) is 7.04. The van der Waals surface area contributed by atoms with Crippen molar-refractivity contribution in [2.24, 2.45) is 5.92 Å². The standard InChI is InChI=1S/C11H18O4/c1-4-8(2)9(3)11(14)15-7-5-6-10(12)13/h8H,3-7H2,1-2H3,(H,12,13). The third-order valence-electron chi connectivity index (χ3n) is 2.24. The molecule has 0 bridgehead atoms. The first-order valence-corrected chi connectivity index (χ1v) is 5.06. The lowest BCUT2D eigenvalue weighted by Gasteiger charge is -2.11. The van der Waals surface area contributed by atoms with Gasteiger partial charge < -0.3 is 9.84 Å². The molecule has 0 fully saturated rings. The first kappa shape index (κ1) is 13.7. The van der Waals surface area contributed by atoms with E-state index >= 15 is 0 Å². The summed E-state index contributed by atoms with van der Waals surface area (Å²) < 4.78 is 4.88. The summed E-state index contributed by atoms with van der Waals surface area (Å²) in [4.78, 5) is 21.5. The van der Waals surface area contributed by atoms with Crippen molar-refractivity contribution < 1.29 is 19.4 Å². The number of hydrogen-bond acceptors (Lipinski definition) is 3. The molecule has 15 heavy (non-hydrogen) atoms. The lowest BCUT2D eigenvalue weighted by Crippen LogP contribution is -2.13. The van der Waals surface area contributed by atoms with Crippen LogP contribution in [0.4, 0.5) is 0 Å². The minimum Gasteiger partial charge on any atom is -0.481 e. The molecule has 0 amide bonds. The van der Waals surface area contributed by atoms with Gasteiger partial charge in [-0.15, -0.1) is 0 Å². The van der Waals surface area contributed by atoms with E-state index in [1.807, 2.05) is 13.8 Å². The number of ether oxygens (including phenoxy) is 1. The Morgan fingerprint density at radius 3 is 2.53 bits per heavy atom. The molecule has 1 atom stereocenters. The van der Waals surface area contributed by atoms with Crippen LogP contribution >= 0.6 is 0 Å². The lowest BCUT2D eigenvalue weighted by molar-refractivity contribution is -0.142. The number of carbonyl (C=O) groups excluding carboxylic acids is 1. The third-order valence-corrected chi connectivity index (χ3v) is 2.24. The highest BCUT2D eigenvalue weighted by Crippen LogP contribution is 2.13. The van der Waals surface area contributed by atoms with Crippen LogP contribution in [0.5, 0.6) is 0 Å². The second-order valence-electron chi connectivity index (χ2n) is 3.47. The van der Waals surface area contributed by atoms with Crippen molar-refractivity contribution in [2.45, 2.75) is 33.1 Å². The predicted octanol–water partition coefficient (Wildman–Crippen LogP) is 2.00. The van der Waals surface area contributed by atoms with Crippen molar-refractivity contribution in [2.75, 3.05) is 6.61 Å². The molecule has 0 heterocycles. The summed E-state index contributed by atoms with van der Waals surface area (Å²) in [7, 11) is 0. The number of rotatable bonds is 7. The Labute approximate surface area is 89.9 Å². The number of carboxylic acids is 1. The van der Waals surface area contributed by atoms with Crippen LogP contribution in [0.1, 0.15) is 33.1 Å². The predicted molar refractivity (Wildman–Crippen MR) is 56.4 cm³/mol. The van der Waals surface area contributed by atoms with Gasteiger partial charge in [0.2, 0.25) is 0 Å². The van der Waals surface area contributed by atoms with Crippen LogP contribution in [0.2, 0.25) is 0 Å². The van der Waals surface area contributed by atoms with Gasteiger partial charge in [0.1, 0.15) is 0 Å². The maximum Gasteiger partial charge on any atom is 0.333 e. The van der Waals surface area contributed by atoms with Crippen LogP contribution in [0.15, 0.2) is 12.2 Å². The average Bonchev–Trinajstić information content (AvgIpc) is 2.21. The van der Waals surface area contributed by atoms with E-state index < -0.39 is 11.9 Å². The van der Waals surface area contributed by atoms with Crippen molar-refractivity contribution in [3.05, 3.63) is 12.2 Å². The van der Waals surface area contributed by atoms with Gasteiger partial charge in [-0.05, 0) is 18.8 Å². The number of aliphatic carboxylic acids is 1. The normalized spacial score (nSPS) is 11.9. The summed E-state index contributed by atoms with van der Waals surface area (Å²) in [6.45, 7) is 7.66. The molecule has 86 valence electrons. The molecule has 0 aliphatic rings. The topological polar surface area (TPSA) is 63.6 Å². The Kier molecular flexibility index (Phi) is 6.42. The minimum absolute atomic E-state index is 0.0170. The molecule has 0 saturated carbocycles. The fraction of sp³-hybridized carbons (Fsp3) is 0.636. The maximum absolute atomic E-state index is 11.3. The summed E-state index contributed by atoms with van der Waals surface area (Å²) in [5, 5.41) is 8.36. The molecule has 0 saturated heterocycles. The van der Waals surface area contributed by atoms with Gasteiger partial charge in [-0.25, -0.2) is 4.79 Å². The van der Waals surface area contributed by atoms with Crippen LogP contribution in [-0.4, -0.2) is 23.7 Å². The number of hydrogen-bond donors (Lipinski definition) is 1. The minimum atomic E-state index is -0.883. The molecule has 0 spiro atoms. The molecule has 4 nitrogen and oxygen atoms in total. The Hall–Kier alpha value is -1.32. The molecule has 0 aliphatic heterocycles. The molecule has 0 rings (SSSR count). The van der Waals surface area contributed by atoms with E-state index in [2.05, 4.69) is 6.58 Å². The maximum atomic E-state index is 11.3. The quantitative estimate of drug-likeness (QED) is 0.400. The van der Waals surface area contributed by atoms with E-state index in [-0.39, 0.29) is 18.9 Å². The molecular weight excluding hydrogens is 196 g/mol. The van der Waals surface area contributed by atoms with Crippen LogP contribution in [0, 0.1) is 5.92 Å². The lowest BCUT2D eigenvalue weighted by atomic mass is 10.0. The third kappa shape index (κ3) is 5.88. The largest absolute Gasteiger partial charge is 0.481 e. The fourth-order valence-electron chi connectivity index (χ4n) is 0.929. The van der Waals surface area contributed by atoms with E-state index in [0.29, 0.717) is 12.0 Å². The van der Waals surface area contributed by atoms with Crippen LogP contribution in [-0.2, 0) is 14.3 Å². The first-order chi connectivity index (χ1) is 6.99. The summed E-state index contributed by atoms with van der Waals surface area (Å²) in [6.07, 6.45) is 1.20. The van der Waals surface area contributed by atoms with Crippen molar-refractivity contribution in [1.29, 1.82) is 0 Å². The SMILES string of the molecule is C=C(C(=O)OCCCC(=O)O)C(C)CC. The van der Waals surface area contributed by atoms with Crippen LogP contribution < -0.4 is 0 Å². The number of carbonyl (C=O) groups is 2. The highest BCUT2D eigenvalue weighted by molar-refractivity contribution is 5.88. The Balaban J connectivity index is 3.74. The smallest absolute Gasteiger partial charge is 0.333 e. The fourth-order valence-corrected chi connectivity index (χ4v) is 0.929. The van der Waals surface area contributed by atoms with E-state index in [0.717, 1.165) is 6.42 Å². The molecule has 0 aliphatic carbocycles. The molecule has 0 aromatic rings. The summed E-state index contributed by atoms with van der Waals surface area (Å²) in [5.74, 6) is -1.20. The molecular formula is C11H18O4. The number of esters is 1. The first-order valence-electron chi connectivity index (χ1n) is 5.06. The molecule has 0 radical (unpaired) electrons. The van der Waals surface area contributed by atoms with Gasteiger partial charge in [0.25, 0.3) is 0 Å². The van der Waals surface area contributed by atoms with Gasteiger partial charge in [0.05, 0.1) is 6.61 Å². The van der Waals surface area contributed by atoms with Crippen LogP contribution in [0.3, 0.4) is 0 Å². The summed E-state index contributed by atoms with van der Waals surface area (Å²) in [5.41, 5.74) is 0.452. The van der Waals surface area contributed by atoms with E-state index in [4.69, 9.17) is 9.84 Å². The second-order valence-corrected chi connectivity index (χ2v) is 3.47. The molecule has 4 heteroatoms. The van der Waals surface area contributed by atoms with Crippen molar-refractivity contribution >= 4 is 11.9 Å². The average molecular weight is 214 g/mol. The van der Waals surface area contributed by atoms with Gasteiger partial charge in [-0.2, -0.15) is 0 Å². The van der Waals surface area contributed by atoms with Gasteiger partial charge >= 0.3 is 11.9 Å². The Morgan fingerprint density at radius 2 is 2.07 bits per heavy atom. The van der Waals surface area contributed by atoms with E-state index in [9.17, 15) is 9.59 Å². The van der Waals surface area contributed by atoms with Crippen molar-refractivity contribution in [3.8, 4) is 0 Å². The van der Waals surface area contributed by atoms with Crippen molar-refractivity contribution in [1.82, 2.24) is 0 Å². The van der Waals surface area contributed by atoms with Crippen LogP contribution in [0.25, 0.3) is 0 Å². The zero-order valence-corrected chi connectivity index (χ0v) is 9.28. The zero-order chi connectivity index (χ0) is 11.8. The Morgan fingerprint density at radius 1 is 1.47 bits per heavy atom. The van der Waals surface area contributed by atoms with E-state index in [1.54, 1.807) is 0 Å². The van der Waals surface area contributed by atoms with E-state index in [1.165, 1.54) is 0 Å². The summed E-state index contributed by atoms with van der Waals surface area (Å²) >= 11 is 0. The molecule has 1 unspecified atom stereocenters. The summed E-state index contributed by atoms with van der Waals surface area (Å²) in [6, 6.07) is 0. The van der Waals surface area contributed by atoms with Gasteiger partial charge in [-0.3, -0.25) is 4.79 Å².